The third-order valence-electron chi connectivity index (χ3n) is 5.41. The summed E-state index contributed by atoms with van der Waals surface area (Å²) in [6, 6.07) is 0.455. The maximum absolute atomic E-state index is 6.62. The molecule has 4 unspecified atom stereocenters. The van der Waals surface area contributed by atoms with Gasteiger partial charge in [-0.05, 0) is 40.9 Å². The smallest absolute Gasteiger partial charge is 0.0125 e. The number of hydrogen-bond acceptors (Lipinski definition) is 2. The molecule has 1 fully saturated rings. The third kappa shape index (κ3) is 2.62. The summed E-state index contributed by atoms with van der Waals surface area (Å²) in [5, 5.41) is 0. The summed E-state index contributed by atoms with van der Waals surface area (Å²) in [5.74, 6) is 2.39. The molecule has 6 atom stereocenters. The van der Waals surface area contributed by atoms with E-state index in [1.165, 1.54) is 6.42 Å². The van der Waals surface area contributed by atoms with Crippen LogP contribution >= 0.6 is 0 Å². The Balaban J connectivity index is 2.28. The standard InChI is InChI=1S/C17H32N2/c1-16(2,3)14(18)12-10-7-8-11(9-10)13(12)15(19)17(4,5)6/h7-8,10-15H,9,18-19H2,1-6H3/t10-,11-,12?,13?,14?,15?/m0/s1. The molecule has 0 spiro atoms. The highest BCUT2D eigenvalue weighted by atomic mass is 14.8. The molecule has 0 aromatic carbocycles. The van der Waals surface area contributed by atoms with Crippen LogP contribution < -0.4 is 11.5 Å². The molecule has 19 heavy (non-hydrogen) atoms. The summed E-state index contributed by atoms with van der Waals surface area (Å²) < 4.78 is 0. The summed E-state index contributed by atoms with van der Waals surface area (Å²) >= 11 is 0. The van der Waals surface area contributed by atoms with E-state index in [0.717, 1.165) is 0 Å². The van der Waals surface area contributed by atoms with Crippen molar-refractivity contribution >= 4 is 0 Å². The number of hydrogen-bond donors (Lipinski definition) is 2. The molecule has 110 valence electrons. The highest BCUT2D eigenvalue weighted by molar-refractivity contribution is 5.18. The van der Waals surface area contributed by atoms with E-state index in [9.17, 15) is 0 Å². The monoisotopic (exact) mass is 264 g/mol. The summed E-state index contributed by atoms with van der Waals surface area (Å²) in [7, 11) is 0. The molecule has 2 rings (SSSR count). The molecule has 2 heteroatoms. The predicted octanol–water partition coefficient (Wildman–Crippen LogP) is 3.17. The zero-order chi connectivity index (χ0) is 14.6. The Hall–Kier alpha value is -0.340. The van der Waals surface area contributed by atoms with Gasteiger partial charge in [0.15, 0.2) is 0 Å². The first-order valence-corrected chi connectivity index (χ1v) is 7.73. The highest BCUT2D eigenvalue weighted by Crippen LogP contribution is 2.54. The number of allylic oxidation sites excluding steroid dienone is 2. The van der Waals surface area contributed by atoms with Gasteiger partial charge in [0.2, 0.25) is 0 Å². The second-order valence-corrected chi connectivity index (χ2v) is 8.89. The Morgan fingerprint density at radius 1 is 0.789 bits per heavy atom. The van der Waals surface area contributed by atoms with Crippen LogP contribution in [0.1, 0.15) is 48.0 Å². The van der Waals surface area contributed by atoms with Crippen LogP contribution in [0.3, 0.4) is 0 Å². The summed E-state index contributed by atoms with van der Waals surface area (Å²) in [6.07, 6.45) is 6.06. The van der Waals surface area contributed by atoms with Gasteiger partial charge in [0, 0.05) is 12.1 Å². The van der Waals surface area contributed by atoms with Crippen molar-refractivity contribution in [1.82, 2.24) is 0 Å². The van der Waals surface area contributed by atoms with Crippen LogP contribution in [-0.4, -0.2) is 12.1 Å². The van der Waals surface area contributed by atoms with Gasteiger partial charge in [-0.1, -0.05) is 53.7 Å². The minimum absolute atomic E-state index is 0.152. The zero-order valence-corrected chi connectivity index (χ0v) is 13.5. The lowest BCUT2D eigenvalue weighted by Gasteiger charge is -2.45. The summed E-state index contributed by atoms with van der Waals surface area (Å²) in [4.78, 5) is 0. The minimum atomic E-state index is 0.152. The summed E-state index contributed by atoms with van der Waals surface area (Å²) in [6.45, 7) is 13.5. The van der Waals surface area contributed by atoms with Gasteiger partial charge in [-0.15, -0.1) is 0 Å². The van der Waals surface area contributed by atoms with Crippen LogP contribution in [0.2, 0.25) is 0 Å². The fraction of sp³-hybridized carbons (Fsp3) is 0.882. The van der Waals surface area contributed by atoms with Gasteiger partial charge < -0.3 is 11.5 Å². The van der Waals surface area contributed by atoms with Crippen molar-refractivity contribution in [1.29, 1.82) is 0 Å². The highest BCUT2D eigenvalue weighted by Gasteiger charge is 2.52. The molecular formula is C17H32N2. The zero-order valence-electron chi connectivity index (χ0n) is 13.5. The van der Waals surface area contributed by atoms with Crippen molar-refractivity contribution in [2.75, 3.05) is 0 Å². The Morgan fingerprint density at radius 3 is 1.37 bits per heavy atom. The molecule has 2 aliphatic carbocycles. The normalized spacial score (nSPS) is 37.7. The number of fused-ring (bicyclic) bond motifs is 2. The molecule has 0 amide bonds. The van der Waals surface area contributed by atoms with E-state index in [4.69, 9.17) is 11.5 Å². The lowest BCUT2D eigenvalue weighted by Crippen LogP contribution is -2.53. The SMILES string of the molecule is CC(C)(C)C(N)C1C(C(N)C(C)(C)C)[C@H]2C=C[C@H]1C2. The first-order chi connectivity index (χ1) is 8.53. The molecule has 0 aromatic heterocycles. The van der Waals surface area contributed by atoms with Crippen molar-refractivity contribution < 1.29 is 0 Å². The minimum Gasteiger partial charge on any atom is -0.327 e. The van der Waals surface area contributed by atoms with E-state index in [1.54, 1.807) is 0 Å². The Bertz CT molecular complexity index is 324. The van der Waals surface area contributed by atoms with Crippen LogP contribution in [0.5, 0.6) is 0 Å². The lowest BCUT2D eigenvalue weighted by molar-refractivity contribution is 0.109. The second-order valence-electron chi connectivity index (χ2n) is 8.89. The van der Waals surface area contributed by atoms with E-state index in [-0.39, 0.29) is 22.9 Å². The van der Waals surface area contributed by atoms with Crippen LogP contribution in [0.4, 0.5) is 0 Å². The average molecular weight is 264 g/mol. The van der Waals surface area contributed by atoms with Gasteiger partial charge >= 0.3 is 0 Å². The molecule has 2 nitrogen and oxygen atoms in total. The fourth-order valence-electron chi connectivity index (χ4n) is 4.06. The van der Waals surface area contributed by atoms with Gasteiger partial charge in [0.1, 0.15) is 0 Å². The second kappa shape index (κ2) is 4.60. The number of nitrogens with two attached hydrogens (primary N) is 2. The largest absolute Gasteiger partial charge is 0.327 e. The Kier molecular flexibility index (Phi) is 3.64. The molecule has 0 aromatic rings. The van der Waals surface area contributed by atoms with E-state index in [0.29, 0.717) is 23.7 Å². The Labute approximate surface area is 119 Å². The van der Waals surface area contributed by atoms with Crippen LogP contribution in [0.15, 0.2) is 12.2 Å². The predicted molar refractivity (Wildman–Crippen MR) is 82.6 cm³/mol. The average Bonchev–Trinajstić information content (AvgIpc) is 2.83. The Morgan fingerprint density at radius 2 is 1.11 bits per heavy atom. The van der Waals surface area contributed by atoms with E-state index in [2.05, 4.69) is 53.7 Å². The lowest BCUT2D eigenvalue weighted by atomic mass is 9.64. The van der Waals surface area contributed by atoms with Crippen molar-refractivity contribution in [3.05, 3.63) is 12.2 Å². The molecule has 2 aliphatic rings. The fourth-order valence-corrected chi connectivity index (χ4v) is 4.06. The van der Waals surface area contributed by atoms with Gasteiger partial charge in [-0.2, -0.15) is 0 Å². The van der Waals surface area contributed by atoms with Crippen molar-refractivity contribution in [2.24, 2.45) is 46.0 Å². The van der Waals surface area contributed by atoms with Crippen LogP contribution in [0.25, 0.3) is 0 Å². The molecule has 0 saturated heterocycles. The van der Waals surface area contributed by atoms with Crippen molar-refractivity contribution in [3.63, 3.8) is 0 Å². The van der Waals surface area contributed by atoms with E-state index >= 15 is 0 Å². The molecule has 0 aliphatic heterocycles. The molecule has 2 bridgehead atoms. The molecule has 0 heterocycles. The third-order valence-corrected chi connectivity index (χ3v) is 5.41. The van der Waals surface area contributed by atoms with Crippen LogP contribution in [-0.2, 0) is 0 Å². The molecule has 4 N–H and O–H groups in total. The maximum Gasteiger partial charge on any atom is 0.0125 e. The van der Waals surface area contributed by atoms with Gasteiger partial charge in [-0.3, -0.25) is 0 Å². The molecular weight excluding hydrogens is 232 g/mol. The van der Waals surface area contributed by atoms with Crippen molar-refractivity contribution in [3.8, 4) is 0 Å². The van der Waals surface area contributed by atoms with E-state index in [1.807, 2.05) is 0 Å². The summed E-state index contributed by atoms with van der Waals surface area (Å²) in [5.41, 5.74) is 13.6. The van der Waals surface area contributed by atoms with E-state index < -0.39 is 0 Å². The van der Waals surface area contributed by atoms with Crippen molar-refractivity contribution in [2.45, 2.75) is 60.0 Å². The van der Waals surface area contributed by atoms with Gasteiger partial charge in [0.05, 0.1) is 0 Å². The topological polar surface area (TPSA) is 52.0 Å². The maximum atomic E-state index is 6.62. The molecule has 1 saturated carbocycles. The first kappa shape index (κ1) is 15.1. The van der Waals surface area contributed by atoms with Crippen LogP contribution in [0, 0.1) is 34.5 Å². The molecule has 0 radical (unpaired) electrons. The first-order valence-electron chi connectivity index (χ1n) is 7.73. The quantitative estimate of drug-likeness (QED) is 0.753. The van der Waals surface area contributed by atoms with Gasteiger partial charge in [-0.25, -0.2) is 0 Å². The number of rotatable bonds is 2. The van der Waals surface area contributed by atoms with Gasteiger partial charge in [0.25, 0.3) is 0 Å².